The molecule has 2 aromatic heterocycles. The lowest BCUT2D eigenvalue weighted by Gasteiger charge is -2.34. The fourth-order valence-electron chi connectivity index (χ4n) is 3.87. The van der Waals surface area contributed by atoms with Gasteiger partial charge in [-0.3, -0.25) is 14.2 Å². The van der Waals surface area contributed by atoms with Crippen molar-refractivity contribution in [1.82, 2.24) is 14.9 Å². The zero-order valence-corrected chi connectivity index (χ0v) is 18.7. The van der Waals surface area contributed by atoms with Gasteiger partial charge >= 0.3 is 0 Å². The van der Waals surface area contributed by atoms with Crippen LogP contribution < -0.4 is 10.9 Å². The summed E-state index contributed by atoms with van der Waals surface area (Å²) in [5.74, 6) is 1.40. The van der Waals surface area contributed by atoms with Crippen molar-refractivity contribution in [3.63, 3.8) is 0 Å². The van der Waals surface area contributed by atoms with Crippen LogP contribution in [-0.2, 0) is 11.3 Å². The number of thioether (sulfide) groups is 1. The third kappa shape index (κ3) is 4.20. The summed E-state index contributed by atoms with van der Waals surface area (Å²) >= 11 is 2.86. The Morgan fingerprint density at radius 1 is 1.39 bits per heavy atom. The second-order valence-electron chi connectivity index (χ2n) is 7.79. The summed E-state index contributed by atoms with van der Waals surface area (Å²) in [6.07, 6.45) is 5.14. The number of hydrogen-bond donors (Lipinski definition) is 1. The van der Waals surface area contributed by atoms with Crippen molar-refractivity contribution < 1.29 is 4.79 Å². The third-order valence-electron chi connectivity index (χ3n) is 5.95. The standard InChI is InChI=1S/C21H29N3O2S2/c1-6-10-24-20(26)18-14(4)15(5)28-19(18)23-21(24)27-11-17(25)22-16-9-7-8-12(2)13(16)3/h6,12-13,16H,1,7-11H2,2-5H3,(H,22,25)/t12-,13+,16-/m1/s1. The number of amides is 1. The van der Waals surface area contributed by atoms with Gasteiger partial charge in [0.15, 0.2) is 5.16 Å². The lowest BCUT2D eigenvalue weighted by molar-refractivity contribution is -0.120. The van der Waals surface area contributed by atoms with Crippen molar-refractivity contribution in [1.29, 1.82) is 0 Å². The first kappa shape index (κ1) is 21.1. The Hall–Kier alpha value is -1.60. The molecular weight excluding hydrogens is 390 g/mol. The van der Waals surface area contributed by atoms with Crippen molar-refractivity contribution >= 4 is 39.2 Å². The first-order valence-electron chi connectivity index (χ1n) is 9.87. The molecule has 3 rings (SSSR count). The van der Waals surface area contributed by atoms with Gasteiger partial charge in [0.1, 0.15) is 4.83 Å². The molecule has 0 aliphatic heterocycles. The van der Waals surface area contributed by atoms with Gasteiger partial charge in [0, 0.05) is 17.5 Å². The quantitative estimate of drug-likeness (QED) is 0.431. The molecule has 1 saturated carbocycles. The predicted molar refractivity (Wildman–Crippen MR) is 118 cm³/mol. The maximum Gasteiger partial charge on any atom is 0.263 e. The van der Waals surface area contributed by atoms with E-state index in [1.54, 1.807) is 10.6 Å². The van der Waals surface area contributed by atoms with Gasteiger partial charge in [-0.2, -0.15) is 0 Å². The number of thiophene rings is 1. The number of nitrogens with one attached hydrogen (secondary N) is 1. The highest BCUT2D eigenvalue weighted by atomic mass is 32.2. The minimum Gasteiger partial charge on any atom is -0.352 e. The van der Waals surface area contributed by atoms with Crippen LogP contribution in [0.3, 0.4) is 0 Å². The number of carbonyl (C=O) groups excluding carboxylic acids is 1. The molecule has 0 aromatic carbocycles. The Balaban J connectivity index is 1.78. The van der Waals surface area contributed by atoms with Crippen LogP contribution in [0.4, 0.5) is 0 Å². The van der Waals surface area contributed by atoms with E-state index in [1.165, 1.54) is 29.5 Å². The van der Waals surface area contributed by atoms with Crippen LogP contribution in [0.15, 0.2) is 22.6 Å². The van der Waals surface area contributed by atoms with Crippen LogP contribution in [0, 0.1) is 25.7 Å². The zero-order valence-electron chi connectivity index (χ0n) is 17.1. The molecule has 7 heteroatoms. The molecule has 0 radical (unpaired) electrons. The van der Waals surface area contributed by atoms with E-state index in [2.05, 4.69) is 25.7 Å². The maximum atomic E-state index is 13.0. The van der Waals surface area contributed by atoms with Gasteiger partial charge in [-0.05, 0) is 37.7 Å². The van der Waals surface area contributed by atoms with Crippen molar-refractivity contribution in [3.05, 3.63) is 33.4 Å². The van der Waals surface area contributed by atoms with Gasteiger partial charge < -0.3 is 5.32 Å². The Morgan fingerprint density at radius 3 is 2.86 bits per heavy atom. The van der Waals surface area contributed by atoms with E-state index in [9.17, 15) is 9.59 Å². The molecule has 0 bridgehead atoms. The van der Waals surface area contributed by atoms with E-state index >= 15 is 0 Å². The van der Waals surface area contributed by atoms with E-state index in [0.717, 1.165) is 28.1 Å². The number of aromatic nitrogens is 2. The maximum absolute atomic E-state index is 13.0. The Bertz CT molecular complexity index is 947. The van der Waals surface area contributed by atoms with Crippen molar-refractivity contribution in [2.45, 2.75) is 64.7 Å². The van der Waals surface area contributed by atoms with Gasteiger partial charge in [0.2, 0.25) is 5.91 Å². The van der Waals surface area contributed by atoms with E-state index in [1.807, 2.05) is 13.8 Å². The van der Waals surface area contributed by atoms with Gasteiger partial charge in [-0.1, -0.05) is 44.5 Å². The van der Waals surface area contributed by atoms with E-state index in [0.29, 0.717) is 28.9 Å². The summed E-state index contributed by atoms with van der Waals surface area (Å²) in [5, 5.41) is 4.46. The molecule has 1 amide bonds. The molecule has 0 saturated heterocycles. The number of hydrogen-bond acceptors (Lipinski definition) is 5. The fourth-order valence-corrected chi connectivity index (χ4v) is 5.76. The minimum atomic E-state index is -0.0515. The zero-order chi connectivity index (χ0) is 20.4. The second-order valence-corrected chi connectivity index (χ2v) is 9.94. The van der Waals surface area contributed by atoms with Crippen LogP contribution in [-0.4, -0.2) is 27.3 Å². The molecule has 2 heterocycles. The van der Waals surface area contributed by atoms with Crippen molar-refractivity contribution in [2.75, 3.05) is 5.75 Å². The van der Waals surface area contributed by atoms with E-state index in [4.69, 9.17) is 4.98 Å². The molecule has 1 N–H and O–H groups in total. The second kappa shape index (κ2) is 8.82. The highest BCUT2D eigenvalue weighted by molar-refractivity contribution is 7.99. The van der Waals surface area contributed by atoms with Crippen LogP contribution in [0.2, 0.25) is 0 Å². The first-order chi connectivity index (χ1) is 13.3. The Kier molecular flexibility index (Phi) is 6.65. The van der Waals surface area contributed by atoms with Crippen LogP contribution >= 0.6 is 23.1 Å². The molecule has 1 aliphatic carbocycles. The summed E-state index contributed by atoms with van der Waals surface area (Å²) < 4.78 is 1.62. The molecule has 1 aliphatic rings. The molecular formula is C21H29N3O2S2. The summed E-state index contributed by atoms with van der Waals surface area (Å²) in [6.45, 7) is 12.6. The normalized spacial score (nSPS) is 22.4. The Morgan fingerprint density at radius 2 is 2.14 bits per heavy atom. The molecule has 152 valence electrons. The largest absolute Gasteiger partial charge is 0.352 e. The van der Waals surface area contributed by atoms with Crippen molar-refractivity contribution in [2.24, 2.45) is 11.8 Å². The summed E-state index contributed by atoms with van der Waals surface area (Å²) in [4.78, 5) is 32.1. The number of nitrogens with zero attached hydrogens (tertiary/aromatic N) is 2. The van der Waals surface area contributed by atoms with E-state index in [-0.39, 0.29) is 23.3 Å². The molecule has 3 atom stereocenters. The smallest absolute Gasteiger partial charge is 0.263 e. The Labute approximate surface area is 174 Å². The van der Waals surface area contributed by atoms with E-state index < -0.39 is 0 Å². The molecule has 1 fully saturated rings. The molecule has 0 unspecified atom stereocenters. The number of aryl methyl sites for hydroxylation is 2. The highest BCUT2D eigenvalue weighted by Crippen LogP contribution is 2.30. The van der Waals surface area contributed by atoms with Gasteiger partial charge in [-0.15, -0.1) is 17.9 Å². The van der Waals surface area contributed by atoms with Crippen LogP contribution in [0.5, 0.6) is 0 Å². The lowest BCUT2D eigenvalue weighted by Crippen LogP contribution is -2.44. The first-order valence-corrected chi connectivity index (χ1v) is 11.7. The van der Waals surface area contributed by atoms with Gasteiger partial charge in [0.25, 0.3) is 5.56 Å². The summed E-state index contributed by atoms with van der Waals surface area (Å²) in [7, 11) is 0. The fraction of sp³-hybridized carbons (Fsp3) is 0.571. The van der Waals surface area contributed by atoms with Gasteiger partial charge in [0.05, 0.1) is 11.1 Å². The average Bonchev–Trinajstić information content (AvgIpc) is 2.94. The van der Waals surface area contributed by atoms with Gasteiger partial charge in [-0.25, -0.2) is 4.98 Å². The molecule has 2 aromatic rings. The summed E-state index contributed by atoms with van der Waals surface area (Å²) in [5.41, 5.74) is 0.939. The molecule has 0 spiro atoms. The lowest BCUT2D eigenvalue weighted by atomic mass is 9.78. The van der Waals surface area contributed by atoms with Crippen LogP contribution in [0.1, 0.15) is 43.6 Å². The SMILES string of the molecule is C=CCn1c(SCC(=O)N[C@@H]2CCC[C@@H](C)[C@@H]2C)nc2sc(C)c(C)c2c1=O. The van der Waals surface area contributed by atoms with Crippen LogP contribution in [0.25, 0.3) is 10.2 Å². The number of rotatable bonds is 6. The highest BCUT2D eigenvalue weighted by Gasteiger charge is 2.28. The molecule has 28 heavy (non-hydrogen) atoms. The predicted octanol–water partition coefficient (Wildman–Crippen LogP) is 4.29. The van der Waals surface area contributed by atoms with Crippen molar-refractivity contribution in [3.8, 4) is 0 Å². The molecule has 5 nitrogen and oxygen atoms in total. The average molecular weight is 420 g/mol. The third-order valence-corrected chi connectivity index (χ3v) is 8.03. The summed E-state index contributed by atoms with van der Waals surface area (Å²) in [6, 6.07) is 0.241. The monoisotopic (exact) mass is 419 g/mol. The minimum absolute atomic E-state index is 0.00832. The number of fused-ring (bicyclic) bond motifs is 1. The topological polar surface area (TPSA) is 64.0 Å². The number of allylic oxidation sites excluding steroid dienone is 1. The number of carbonyl (C=O) groups is 1.